The lowest BCUT2D eigenvalue weighted by Gasteiger charge is -2.29. The van der Waals surface area contributed by atoms with Gasteiger partial charge in [0.05, 0.1) is 9.88 Å². The van der Waals surface area contributed by atoms with Gasteiger partial charge in [-0.25, -0.2) is 9.78 Å². The Morgan fingerprint density at radius 2 is 2.17 bits per heavy atom. The highest BCUT2D eigenvalue weighted by Crippen LogP contribution is 2.24. The molecule has 2 rings (SSSR count). The molecule has 0 spiro atoms. The Morgan fingerprint density at radius 1 is 1.50 bits per heavy atom. The standard InChI is InChI=1S/C13H20N2O2S/c1-3-11-14-12(13(16)17)10(18-11)8-15-6-4-9(2)5-7-15/h9H,3-8H2,1-2H3,(H,16,17). The molecule has 0 unspecified atom stereocenters. The van der Waals surface area contributed by atoms with Gasteiger partial charge in [-0.2, -0.15) is 0 Å². The molecule has 1 aliphatic heterocycles. The Balaban J connectivity index is 2.08. The molecule has 5 heteroatoms. The normalized spacial score (nSPS) is 18.1. The highest BCUT2D eigenvalue weighted by molar-refractivity contribution is 7.11. The first kappa shape index (κ1) is 13.5. The van der Waals surface area contributed by atoms with Gasteiger partial charge in [-0.15, -0.1) is 11.3 Å². The summed E-state index contributed by atoms with van der Waals surface area (Å²) in [4.78, 5) is 18.6. The van der Waals surface area contributed by atoms with Crippen molar-refractivity contribution in [2.75, 3.05) is 13.1 Å². The summed E-state index contributed by atoms with van der Waals surface area (Å²) < 4.78 is 0. The Labute approximate surface area is 112 Å². The predicted molar refractivity (Wildman–Crippen MR) is 72.1 cm³/mol. The van der Waals surface area contributed by atoms with E-state index >= 15 is 0 Å². The number of piperidine rings is 1. The number of carboxylic acid groups (broad SMARTS) is 1. The number of carboxylic acids is 1. The summed E-state index contributed by atoms with van der Waals surface area (Å²) in [6.07, 6.45) is 3.23. The average Bonchev–Trinajstić information content (AvgIpc) is 2.75. The molecule has 1 aromatic rings. The van der Waals surface area contributed by atoms with Crippen molar-refractivity contribution >= 4 is 17.3 Å². The van der Waals surface area contributed by atoms with Gasteiger partial charge in [0.2, 0.25) is 0 Å². The third-order valence-corrected chi connectivity index (χ3v) is 4.67. The smallest absolute Gasteiger partial charge is 0.355 e. The maximum atomic E-state index is 11.2. The minimum Gasteiger partial charge on any atom is -0.476 e. The lowest BCUT2D eigenvalue weighted by molar-refractivity contribution is 0.0688. The number of likely N-dealkylation sites (tertiary alicyclic amines) is 1. The monoisotopic (exact) mass is 268 g/mol. The Bertz CT molecular complexity index is 423. The van der Waals surface area contributed by atoms with Crippen LogP contribution in [0.15, 0.2) is 0 Å². The van der Waals surface area contributed by atoms with Crippen LogP contribution in [0.4, 0.5) is 0 Å². The lowest BCUT2D eigenvalue weighted by atomic mass is 9.99. The average molecular weight is 268 g/mol. The van der Waals surface area contributed by atoms with Gasteiger partial charge >= 0.3 is 5.97 Å². The van der Waals surface area contributed by atoms with E-state index in [1.807, 2.05) is 6.92 Å². The lowest BCUT2D eigenvalue weighted by Crippen LogP contribution is -2.32. The summed E-state index contributed by atoms with van der Waals surface area (Å²) in [5.74, 6) is -0.0980. The van der Waals surface area contributed by atoms with E-state index < -0.39 is 5.97 Å². The van der Waals surface area contributed by atoms with Crippen molar-refractivity contribution in [1.29, 1.82) is 0 Å². The fraction of sp³-hybridized carbons (Fsp3) is 0.692. The molecule has 0 aromatic carbocycles. The first-order valence-corrected chi connectivity index (χ1v) is 7.36. The van der Waals surface area contributed by atoms with E-state index in [1.165, 1.54) is 12.8 Å². The molecular weight excluding hydrogens is 248 g/mol. The molecule has 0 aliphatic carbocycles. The minimum atomic E-state index is -0.897. The molecule has 18 heavy (non-hydrogen) atoms. The molecule has 0 amide bonds. The van der Waals surface area contributed by atoms with Crippen molar-refractivity contribution in [1.82, 2.24) is 9.88 Å². The number of carbonyl (C=O) groups is 1. The van der Waals surface area contributed by atoms with Gasteiger partial charge < -0.3 is 5.11 Å². The molecule has 1 saturated heterocycles. The third kappa shape index (κ3) is 3.09. The van der Waals surface area contributed by atoms with Gasteiger partial charge in [0.15, 0.2) is 5.69 Å². The van der Waals surface area contributed by atoms with Crippen LogP contribution in [0.2, 0.25) is 0 Å². The Hall–Kier alpha value is -0.940. The van der Waals surface area contributed by atoms with Crippen LogP contribution in [0, 0.1) is 5.92 Å². The van der Waals surface area contributed by atoms with Crippen LogP contribution in [0.1, 0.15) is 47.1 Å². The van der Waals surface area contributed by atoms with Crippen molar-refractivity contribution in [3.63, 3.8) is 0 Å². The molecule has 0 bridgehead atoms. The molecule has 2 heterocycles. The quantitative estimate of drug-likeness (QED) is 0.912. The van der Waals surface area contributed by atoms with Crippen LogP contribution >= 0.6 is 11.3 Å². The molecule has 1 aliphatic rings. The van der Waals surface area contributed by atoms with E-state index in [-0.39, 0.29) is 5.69 Å². The Kier molecular flexibility index (Phi) is 4.35. The Morgan fingerprint density at radius 3 is 2.72 bits per heavy atom. The van der Waals surface area contributed by atoms with Gasteiger partial charge in [-0.05, 0) is 38.3 Å². The van der Waals surface area contributed by atoms with Crippen LogP contribution < -0.4 is 0 Å². The molecular formula is C13H20N2O2S. The van der Waals surface area contributed by atoms with Crippen LogP contribution in [0.25, 0.3) is 0 Å². The zero-order valence-corrected chi connectivity index (χ0v) is 11.8. The molecule has 1 aromatic heterocycles. The summed E-state index contributed by atoms with van der Waals surface area (Å²) >= 11 is 1.55. The predicted octanol–water partition coefficient (Wildman–Crippen LogP) is 2.64. The fourth-order valence-electron chi connectivity index (χ4n) is 2.25. The minimum absolute atomic E-state index is 0.260. The van der Waals surface area contributed by atoms with Crippen molar-refractivity contribution < 1.29 is 9.90 Å². The zero-order chi connectivity index (χ0) is 13.1. The van der Waals surface area contributed by atoms with Gasteiger partial charge in [0.25, 0.3) is 0 Å². The highest BCUT2D eigenvalue weighted by atomic mass is 32.1. The summed E-state index contributed by atoms with van der Waals surface area (Å²) in [7, 11) is 0. The van der Waals surface area contributed by atoms with Gasteiger partial charge in [-0.1, -0.05) is 13.8 Å². The summed E-state index contributed by atoms with van der Waals surface area (Å²) in [6, 6.07) is 0. The molecule has 1 N–H and O–H groups in total. The number of aromatic nitrogens is 1. The zero-order valence-electron chi connectivity index (χ0n) is 11.0. The van der Waals surface area contributed by atoms with Crippen molar-refractivity contribution in [3.05, 3.63) is 15.6 Å². The van der Waals surface area contributed by atoms with E-state index in [4.69, 9.17) is 0 Å². The van der Waals surface area contributed by atoms with Crippen LogP contribution in [-0.4, -0.2) is 34.0 Å². The molecule has 1 fully saturated rings. The van der Waals surface area contributed by atoms with Gasteiger partial charge in [0.1, 0.15) is 0 Å². The first-order chi connectivity index (χ1) is 8.60. The van der Waals surface area contributed by atoms with Gasteiger partial charge in [0, 0.05) is 6.54 Å². The molecule has 0 radical (unpaired) electrons. The van der Waals surface area contributed by atoms with E-state index in [0.29, 0.717) is 0 Å². The summed E-state index contributed by atoms with van der Waals surface area (Å²) in [6.45, 7) is 7.17. The van der Waals surface area contributed by atoms with E-state index in [1.54, 1.807) is 11.3 Å². The molecule has 4 nitrogen and oxygen atoms in total. The van der Waals surface area contributed by atoms with Crippen LogP contribution in [0.3, 0.4) is 0 Å². The summed E-state index contributed by atoms with van der Waals surface area (Å²) in [5.41, 5.74) is 0.260. The number of aromatic carboxylic acids is 1. The van der Waals surface area contributed by atoms with Crippen molar-refractivity contribution in [3.8, 4) is 0 Å². The molecule has 0 atom stereocenters. The molecule has 100 valence electrons. The number of thiazole rings is 1. The first-order valence-electron chi connectivity index (χ1n) is 6.54. The topological polar surface area (TPSA) is 53.4 Å². The number of hydrogen-bond acceptors (Lipinski definition) is 4. The van der Waals surface area contributed by atoms with E-state index in [2.05, 4.69) is 16.8 Å². The second kappa shape index (κ2) is 5.80. The number of rotatable bonds is 4. The maximum absolute atomic E-state index is 11.2. The van der Waals surface area contributed by atoms with E-state index in [0.717, 1.165) is 41.9 Å². The third-order valence-electron chi connectivity index (χ3n) is 3.49. The largest absolute Gasteiger partial charge is 0.476 e. The van der Waals surface area contributed by atoms with Crippen molar-refractivity contribution in [2.45, 2.75) is 39.7 Å². The SMILES string of the molecule is CCc1nc(C(=O)O)c(CN2CCC(C)CC2)s1. The van der Waals surface area contributed by atoms with Crippen molar-refractivity contribution in [2.24, 2.45) is 5.92 Å². The van der Waals surface area contributed by atoms with Gasteiger partial charge in [-0.3, -0.25) is 4.90 Å². The number of hydrogen-bond donors (Lipinski definition) is 1. The van der Waals surface area contributed by atoms with E-state index in [9.17, 15) is 9.90 Å². The van der Waals surface area contributed by atoms with Crippen LogP contribution in [-0.2, 0) is 13.0 Å². The fourth-order valence-corrected chi connectivity index (χ4v) is 3.29. The summed E-state index contributed by atoms with van der Waals surface area (Å²) in [5, 5.41) is 10.1. The maximum Gasteiger partial charge on any atom is 0.355 e. The molecule has 0 saturated carbocycles. The highest BCUT2D eigenvalue weighted by Gasteiger charge is 2.21. The second-order valence-electron chi connectivity index (χ2n) is 5.00. The number of nitrogens with zero attached hydrogens (tertiary/aromatic N) is 2. The van der Waals surface area contributed by atoms with Crippen LogP contribution in [0.5, 0.6) is 0 Å². The second-order valence-corrected chi connectivity index (χ2v) is 6.16. The number of aryl methyl sites for hydroxylation is 1.